The zero-order chi connectivity index (χ0) is 14.7. The largest absolute Gasteiger partial charge is 0.339 e. The van der Waals surface area contributed by atoms with Gasteiger partial charge in [-0.05, 0) is 39.1 Å². The molecule has 3 N–H and O–H groups in total. The van der Waals surface area contributed by atoms with Crippen LogP contribution in [0.1, 0.15) is 23.2 Å². The van der Waals surface area contributed by atoms with Gasteiger partial charge in [-0.3, -0.25) is 4.79 Å². The molecule has 0 radical (unpaired) electrons. The Morgan fingerprint density at radius 2 is 2.10 bits per heavy atom. The maximum Gasteiger partial charge on any atom is 0.254 e. The Bertz CT molecular complexity index is 486. The molecule has 1 fully saturated rings. The van der Waals surface area contributed by atoms with Crippen molar-refractivity contribution < 1.29 is 4.79 Å². The van der Waals surface area contributed by atoms with E-state index in [9.17, 15) is 4.79 Å². The summed E-state index contributed by atoms with van der Waals surface area (Å²) >= 11 is 5.89. The van der Waals surface area contributed by atoms with Crippen LogP contribution in [0.25, 0.3) is 0 Å². The molecular formula is C13H20ClN5O. The number of aromatic nitrogens is 1. The summed E-state index contributed by atoms with van der Waals surface area (Å²) < 4.78 is 0. The van der Waals surface area contributed by atoms with Gasteiger partial charge in [0, 0.05) is 24.7 Å². The fourth-order valence-electron chi connectivity index (χ4n) is 2.46. The van der Waals surface area contributed by atoms with Gasteiger partial charge in [-0.1, -0.05) is 11.6 Å². The van der Waals surface area contributed by atoms with Gasteiger partial charge in [0.05, 0.1) is 0 Å². The highest BCUT2D eigenvalue weighted by Gasteiger charge is 2.25. The van der Waals surface area contributed by atoms with Gasteiger partial charge in [0.2, 0.25) is 0 Å². The first-order valence-electron chi connectivity index (χ1n) is 6.61. The van der Waals surface area contributed by atoms with Gasteiger partial charge in [0.1, 0.15) is 11.0 Å². The SMILES string of the molecule is CN(C)C1CCN(C(=O)c2cc(Cl)nc(NN)c2)CC1. The van der Waals surface area contributed by atoms with E-state index in [0.29, 0.717) is 17.4 Å². The number of nitrogens with zero attached hydrogens (tertiary/aromatic N) is 3. The number of halogens is 1. The first kappa shape index (κ1) is 15.0. The summed E-state index contributed by atoms with van der Waals surface area (Å²) in [7, 11) is 4.15. The van der Waals surface area contributed by atoms with Gasteiger partial charge in [0.15, 0.2) is 0 Å². The van der Waals surface area contributed by atoms with Crippen LogP contribution < -0.4 is 11.3 Å². The molecule has 1 amide bonds. The molecule has 6 nitrogen and oxygen atoms in total. The number of amides is 1. The number of anilines is 1. The molecule has 1 aliphatic heterocycles. The molecule has 2 heterocycles. The third kappa shape index (κ3) is 3.39. The van der Waals surface area contributed by atoms with Crippen LogP contribution in [0.3, 0.4) is 0 Å². The predicted octanol–water partition coefficient (Wildman–Crippen LogP) is 1.19. The van der Waals surface area contributed by atoms with E-state index in [1.807, 2.05) is 4.90 Å². The topological polar surface area (TPSA) is 74.5 Å². The summed E-state index contributed by atoms with van der Waals surface area (Å²) in [5.41, 5.74) is 2.93. The summed E-state index contributed by atoms with van der Waals surface area (Å²) in [6.07, 6.45) is 1.97. The third-order valence-corrected chi connectivity index (χ3v) is 3.86. The molecule has 1 saturated heterocycles. The molecule has 110 valence electrons. The Kier molecular flexibility index (Phi) is 4.80. The third-order valence-electron chi connectivity index (χ3n) is 3.67. The van der Waals surface area contributed by atoms with Crippen molar-refractivity contribution in [2.75, 3.05) is 32.6 Å². The fourth-order valence-corrected chi connectivity index (χ4v) is 2.67. The van der Waals surface area contributed by atoms with Crippen LogP contribution in [-0.4, -0.2) is 53.9 Å². The van der Waals surface area contributed by atoms with E-state index >= 15 is 0 Å². The van der Waals surface area contributed by atoms with Gasteiger partial charge in [-0.15, -0.1) is 0 Å². The molecule has 0 atom stereocenters. The number of hydrogen-bond donors (Lipinski definition) is 2. The minimum atomic E-state index is -0.0250. The van der Waals surface area contributed by atoms with Crippen LogP contribution in [0.5, 0.6) is 0 Å². The van der Waals surface area contributed by atoms with E-state index in [0.717, 1.165) is 25.9 Å². The predicted molar refractivity (Wildman–Crippen MR) is 79.7 cm³/mol. The highest BCUT2D eigenvalue weighted by atomic mass is 35.5. The lowest BCUT2D eigenvalue weighted by Gasteiger charge is -2.35. The van der Waals surface area contributed by atoms with Gasteiger partial charge < -0.3 is 15.2 Å². The van der Waals surface area contributed by atoms with E-state index in [2.05, 4.69) is 29.4 Å². The molecule has 7 heteroatoms. The highest BCUT2D eigenvalue weighted by molar-refractivity contribution is 6.29. The molecule has 0 unspecified atom stereocenters. The summed E-state index contributed by atoms with van der Waals surface area (Å²) in [4.78, 5) is 20.5. The number of nitrogen functional groups attached to an aromatic ring is 1. The molecule has 1 aromatic rings. The van der Waals surface area contributed by atoms with Crippen LogP contribution in [0.4, 0.5) is 5.82 Å². The Labute approximate surface area is 123 Å². The number of pyridine rings is 1. The molecular weight excluding hydrogens is 278 g/mol. The van der Waals surface area contributed by atoms with Crippen LogP contribution in [0, 0.1) is 0 Å². The minimum absolute atomic E-state index is 0.0250. The molecule has 2 rings (SSSR count). The van der Waals surface area contributed by atoms with Crippen LogP contribution in [0.2, 0.25) is 5.15 Å². The van der Waals surface area contributed by atoms with Crippen molar-refractivity contribution in [3.63, 3.8) is 0 Å². The molecule has 1 aliphatic rings. The van der Waals surface area contributed by atoms with Crippen molar-refractivity contribution in [2.24, 2.45) is 5.84 Å². The number of nitrogens with one attached hydrogen (secondary N) is 1. The Hall–Kier alpha value is -1.37. The van der Waals surface area contributed by atoms with E-state index in [1.54, 1.807) is 12.1 Å². The lowest BCUT2D eigenvalue weighted by Crippen LogP contribution is -2.44. The van der Waals surface area contributed by atoms with E-state index < -0.39 is 0 Å². The number of likely N-dealkylation sites (tertiary alicyclic amines) is 1. The first-order chi connectivity index (χ1) is 9.51. The molecule has 0 aliphatic carbocycles. The monoisotopic (exact) mass is 297 g/mol. The van der Waals surface area contributed by atoms with Crippen LogP contribution >= 0.6 is 11.6 Å². The number of hydrogen-bond acceptors (Lipinski definition) is 5. The summed E-state index contributed by atoms with van der Waals surface area (Å²) in [6, 6.07) is 3.73. The lowest BCUT2D eigenvalue weighted by atomic mass is 10.0. The Morgan fingerprint density at radius 1 is 1.45 bits per heavy atom. The Balaban J connectivity index is 2.07. The molecule has 0 bridgehead atoms. The highest BCUT2D eigenvalue weighted by Crippen LogP contribution is 2.19. The number of rotatable bonds is 3. The van der Waals surface area contributed by atoms with E-state index in [1.165, 1.54) is 0 Å². The van der Waals surface area contributed by atoms with Gasteiger partial charge in [0.25, 0.3) is 5.91 Å². The number of carbonyl (C=O) groups excluding carboxylic acids is 1. The van der Waals surface area contributed by atoms with Crippen molar-refractivity contribution in [3.8, 4) is 0 Å². The quantitative estimate of drug-likeness (QED) is 0.498. The van der Waals surface area contributed by atoms with Crippen LogP contribution in [0.15, 0.2) is 12.1 Å². The number of carbonyl (C=O) groups is 1. The zero-order valence-corrected chi connectivity index (χ0v) is 12.5. The lowest BCUT2D eigenvalue weighted by molar-refractivity contribution is 0.0663. The van der Waals surface area contributed by atoms with Crippen molar-refractivity contribution in [1.82, 2.24) is 14.8 Å². The maximum atomic E-state index is 12.5. The molecule has 0 saturated carbocycles. The van der Waals surface area contributed by atoms with Crippen molar-refractivity contribution in [2.45, 2.75) is 18.9 Å². The average Bonchev–Trinajstić information content (AvgIpc) is 2.45. The molecule has 0 spiro atoms. The Morgan fingerprint density at radius 3 is 2.65 bits per heavy atom. The maximum absolute atomic E-state index is 12.5. The van der Waals surface area contributed by atoms with Gasteiger partial charge >= 0.3 is 0 Å². The van der Waals surface area contributed by atoms with Gasteiger partial charge in [-0.25, -0.2) is 10.8 Å². The van der Waals surface area contributed by atoms with E-state index in [4.69, 9.17) is 17.4 Å². The molecule has 20 heavy (non-hydrogen) atoms. The summed E-state index contributed by atoms with van der Waals surface area (Å²) in [6.45, 7) is 1.51. The summed E-state index contributed by atoms with van der Waals surface area (Å²) in [5, 5.41) is 0.256. The molecule has 1 aromatic heterocycles. The van der Waals surface area contributed by atoms with Crippen molar-refractivity contribution in [3.05, 3.63) is 22.8 Å². The van der Waals surface area contributed by atoms with Crippen molar-refractivity contribution >= 4 is 23.3 Å². The second kappa shape index (κ2) is 6.39. The standard InChI is InChI=1S/C13H20ClN5O/c1-18(2)10-3-5-19(6-4-10)13(20)9-7-11(14)16-12(8-9)17-15/h7-8,10H,3-6,15H2,1-2H3,(H,16,17). The minimum Gasteiger partial charge on any atom is -0.339 e. The van der Waals surface area contributed by atoms with Crippen molar-refractivity contribution in [1.29, 1.82) is 0 Å². The molecule has 0 aromatic carbocycles. The summed E-state index contributed by atoms with van der Waals surface area (Å²) in [5.74, 6) is 5.68. The number of nitrogens with two attached hydrogens (primary N) is 1. The van der Waals surface area contributed by atoms with Crippen LogP contribution in [-0.2, 0) is 0 Å². The first-order valence-corrected chi connectivity index (χ1v) is 6.99. The number of hydrazine groups is 1. The zero-order valence-electron chi connectivity index (χ0n) is 11.8. The smallest absolute Gasteiger partial charge is 0.254 e. The second-order valence-electron chi connectivity index (χ2n) is 5.20. The fraction of sp³-hybridized carbons (Fsp3) is 0.538. The average molecular weight is 298 g/mol. The van der Waals surface area contributed by atoms with Gasteiger partial charge in [-0.2, -0.15) is 0 Å². The number of piperidine rings is 1. The van der Waals surface area contributed by atoms with E-state index in [-0.39, 0.29) is 11.1 Å². The normalized spacial score (nSPS) is 16.6. The second-order valence-corrected chi connectivity index (χ2v) is 5.58.